The zero-order chi connectivity index (χ0) is 12.3. The third-order valence-corrected chi connectivity index (χ3v) is 2.87. The molecule has 17 heavy (non-hydrogen) atoms. The lowest BCUT2D eigenvalue weighted by Crippen LogP contribution is -2.34. The number of hydrogen-bond donors (Lipinski definition) is 1. The Morgan fingerprint density at radius 3 is 2.88 bits per heavy atom. The first kappa shape index (κ1) is 11.8. The van der Waals surface area contributed by atoms with Gasteiger partial charge in [0.15, 0.2) is 0 Å². The predicted molar refractivity (Wildman–Crippen MR) is 65.4 cm³/mol. The highest BCUT2D eigenvalue weighted by Crippen LogP contribution is 2.28. The SMILES string of the molecule is CCCCN(C(=O)c1cncc(N)n1)C1CC1. The summed E-state index contributed by atoms with van der Waals surface area (Å²) in [6.45, 7) is 2.92. The Kier molecular flexibility index (Phi) is 3.56. The van der Waals surface area contributed by atoms with Gasteiger partial charge in [0.25, 0.3) is 5.91 Å². The summed E-state index contributed by atoms with van der Waals surface area (Å²) in [5.74, 6) is 0.253. The number of nitrogen functional groups attached to an aromatic ring is 1. The summed E-state index contributed by atoms with van der Waals surface area (Å²) in [5, 5.41) is 0. The molecule has 92 valence electrons. The van der Waals surface area contributed by atoms with Gasteiger partial charge in [0, 0.05) is 12.6 Å². The first-order valence-corrected chi connectivity index (χ1v) is 6.11. The molecule has 1 saturated carbocycles. The normalized spacial score (nSPS) is 14.6. The van der Waals surface area contributed by atoms with Gasteiger partial charge >= 0.3 is 0 Å². The van der Waals surface area contributed by atoms with Gasteiger partial charge in [-0.3, -0.25) is 9.78 Å². The Morgan fingerprint density at radius 1 is 1.53 bits per heavy atom. The number of aromatic nitrogens is 2. The second-order valence-electron chi connectivity index (χ2n) is 4.41. The zero-order valence-corrected chi connectivity index (χ0v) is 10.1. The molecule has 2 N–H and O–H groups in total. The maximum absolute atomic E-state index is 12.3. The molecule has 0 atom stereocenters. The van der Waals surface area contributed by atoms with Gasteiger partial charge in [-0.25, -0.2) is 4.98 Å². The van der Waals surface area contributed by atoms with Crippen molar-refractivity contribution in [2.45, 2.75) is 38.6 Å². The van der Waals surface area contributed by atoms with E-state index < -0.39 is 0 Å². The van der Waals surface area contributed by atoms with E-state index >= 15 is 0 Å². The molecule has 1 aliphatic rings. The molecule has 0 aliphatic heterocycles. The number of carbonyl (C=O) groups excluding carboxylic acids is 1. The van der Waals surface area contributed by atoms with Crippen molar-refractivity contribution in [2.75, 3.05) is 12.3 Å². The maximum Gasteiger partial charge on any atom is 0.274 e. The number of amides is 1. The molecule has 1 aromatic rings. The molecular formula is C12H18N4O. The van der Waals surface area contributed by atoms with Crippen molar-refractivity contribution >= 4 is 11.7 Å². The van der Waals surface area contributed by atoms with Gasteiger partial charge in [-0.2, -0.15) is 0 Å². The van der Waals surface area contributed by atoms with Crippen molar-refractivity contribution in [3.05, 3.63) is 18.1 Å². The average Bonchev–Trinajstić information content (AvgIpc) is 3.14. The van der Waals surface area contributed by atoms with E-state index in [2.05, 4.69) is 16.9 Å². The summed E-state index contributed by atoms with van der Waals surface area (Å²) >= 11 is 0. The van der Waals surface area contributed by atoms with E-state index in [0.717, 1.165) is 32.2 Å². The second kappa shape index (κ2) is 5.12. The van der Waals surface area contributed by atoms with Crippen LogP contribution in [0.5, 0.6) is 0 Å². The van der Waals surface area contributed by atoms with Crippen LogP contribution in [0, 0.1) is 0 Å². The van der Waals surface area contributed by atoms with Crippen LogP contribution in [0.15, 0.2) is 12.4 Å². The van der Waals surface area contributed by atoms with Crippen LogP contribution in [0.3, 0.4) is 0 Å². The Morgan fingerprint density at radius 2 is 2.29 bits per heavy atom. The summed E-state index contributed by atoms with van der Waals surface area (Å²) in [5.41, 5.74) is 5.90. The largest absolute Gasteiger partial charge is 0.382 e. The lowest BCUT2D eigenvalue weighted by atomic mass is 10.3. The third-order valence-electron chi connectivity index (χ3n) is 2.87. The van der Waals surface area contributed by atoms with Gasteiger partial charge in [-0.05, 0) is 19.3 Å². The Balaban J connectivity index is 2.10. The fraction of sp³-hybridized carbons (Fsp3) is 0.583. The lowest BCUT2D eigenvalue weighted by Gasteiger charge is -2.21. The van der Waals surface area contributed by atoms with Gasteiger partial charge in [0.2, 0.25) is 0 Å². The van der Waals surface area contributed by atoms with E-state index in [0.29, 0.717) is 17.6 Å². The van der Waals surface area contributed by atoms with Crippen LogP contribution in [0.1, 0.15) is 43.1 Å². The van der Waals surface area contributed by atoms with Crippen LogP contribution in [0.2, 0.25) is 0 Å². The summed E-state index contributed by atoms with van der Waals surface area (Å²) in [6.07, 6.45) is 7.25. The molecule has 0 saturated heterocycles. The highest BCUT2D eigenvalue weighted by Gasteiger charge is 2.33. The minimum atomic E-state index is -0.0410. The van der Waals surface area contributed by atoms with Crippen molar-refractivity contribution in [3.8, 4) is 0 Å². The van der Waals surface area contributed by atoms with Gasteiger partial charge < -0.3 is 10.6 Å². The van der Waals surface area contributed by atoms with Gasteiger partial charge in [-0.1, -0.05) is 13.3 Å². The first-order chi connectivity index (χ1) is 8.22. The number of carbonyl (C=O) groups is 1. The van der Waals surface area contributed by atoms with Gasteiger partial charge in [0.05, 0.1) is 12.4 Å². The highest BCUT2D eigenvalue weighted by atomic mass is 16.2. The van der Waals surface area contributed by atoms with E-state index in [1.54, 1.807) is 0 Å². The first-order valence-electron chi connectivity index (χ1n) is 6.11. The van der Waals surface area contributed by atoms with Crippen molar-refractivity contribution in [1.82, 2.24) is 14.9 Å². The van der Waals surface area contributed by atoms with Gasteiger partial charge in [0.1, 0.15) is 11.5 Å². The molecule has 1 fully saturated rings. The average molecular weight is 234 g/mol. The monoisotopic (exact) mass is 234 g/mol. The molecule has 0 radical (unpaired) electrons. The van der Waals surface area contributed by atoms with Crippen LogP contribution >= 0.6 is 0 Å². The summed E-state index contributed by atoms with van der Waals surface area (Å²) < 4.78 is 0. The molecule has 5 nitrogen and oxygen atoms in total. The Labute approximate surface area is 101 Å². The fourth-order valence-corrected chi connectivity index (χ4v) is 1.80. The molecule has 0 spiro atoms. The van der Waals surface area contributed by atoms with Crippen molar-refractivity contribution < 1.29 is 4.79 Å². The molecule has 1 amide bonds. The van der Waals surface area contributed by atoms with E-state index in [1.807, 2.05) is 4.90 Å². The predicted octanol–water partition coefficient (Wildman–Crippen LogP) is 1.46. The van der Waals surface area contributed by atoms with Crippen LogP contribution in [0.4, 0.5) is 5.82 Å². The van der Waals surface area contributed by atoms with Crippen LogP contribution in [-0.2, 0) is 0 Å². The van der Waals surface area contributed by atoms with E-state index in [9.17, 15) is 4.79 Å². The van der Waals surface area contributed by atoms with Crippen molar-refractivity contribution in [3.63, 3.8) is 0 Å². The minimum absolute atomic E-state index is 0.0410. The van der Waals surface area contributed by atoms with E-state index in [4.69, 9.17) is 5.73 Å². The Bertz CT molecular complexity index is 403. The van der Waals surface area contributed by atoms with Gasteiger partial charge in [-0.15, -0.1) is 0 Å². The minimum Gasteiger partial charge on any atom is -0.382 e. The molecule has 5 heteroatoms. The van der Waals surface area contributed by atoms with Crippen LogP contribution in [0.25, 0.3) is 0 Å². The molecule has 1 heterocycles. The lowest BCUT2D eigenvalue weighted by molar-refractivity contribution is 0.0734. The number of nitrogens with zero attached hydrogens (tertiary/aromatic N) is 3. The van der Waals surface area contributed by atoms with Crippen molar-refractivity contribution in [1.29, 1.82) is 0 Å². The molecule has 0 bridgehead atoms. The maximum atomic E-state index is 12.3. The van der Waals surface area contributed by atoms with E-state index in [1.165, 1.54) is 12.4 Å². The molecule has 1 aliphatic carbocycles. The summed E-state index contributed by atoms with van der Waals surface area (Å²) in [4.78, 5) is 22.1. The number of nitrogens with two attached hydrogens (primary N) is 1. The molecule has 1 aromatic heterocycles. The molecule has 2 rings (SSSR count). The number of rotatable bonds is 5. The number of unbranched alkanes of at least 4 members (excludes halogenated alkanes) is 1. The fourth-order valence-electron chi connectivity index (χ4n) is 1.80. The summed E-state index contributed by atoms with van der Waals surface area (Å²) in [7, 11) is 0. The number of anilines is 1. The van der Waals surface area contributed by atoms with Crippen molar-refractivity contribution in [2.24, 2.45) is 0 Å². The highest BCUT2D eigenvalue weighted by molar-refractivity contribution is 5.92. The molecule has 0 aromatic carbocycles. The summed E-state index contributed by atoms with van der Waals surface area (Å²) in [6, 6.07) is 0.400. The Hall–Kier alpha value is -1.65. The quantitative estimate of drug-likeness (QED) is 0.837. The topological polar surface area (TPSA) is 72.1 Å². The second-order valence-corrected chi connectivity index (χ2v) is 4.41. The standard InChI is InChI=1S/C12H18N4O/c1-2-3-6-16(9-4-5-9)12(17)10-7-14-8-11(13)15-10/h7-9H,2-6H2,1H3,(H2,13,15). The third kappa shape index (κ3) is 2.93. The zero-order valence-electron chi connectivity index (χ0n) is 10.1. The smallest absolute Gasteiger partial charge is 0.274 e. The molecular weight excluding hydrogens is 216 g/mol. The van der Waals surface area contributed by atoms with Crippen LogP contribution < -0.4 is 5.73 Å². The number of hydrogen-bond acceptors (Lipinski definition) is 4. The van der Waals surface area contributed by atoms with Crippen LogP contribution in [-0.4, -0.2) is 33.4 Å². The molecule has 0 unspecified atom stereocenters. The van der Waals surface area contributed by atoms with E-state index in [-0.39, 0.29) is 5.91 Å².